The van der Waals surface area contributed by atoms with E-state index in [9.17, 15) is 5.11 Å². The maximum atomic E-state index is 10.5. The SMILES string of the molecule is Cc1noc(C)c1CN1CCN(C[C@H](O)c2ccccc2)[C@H](C)C1. The van der Waals surface area contributed by atoms with Gasteiger partial charge in [0.25, 0.3) is 0 Å². The summed E-state index contributed by atoms with van der Waals surface area (Å²) in [6.45, 7) is 10.7. The summed E-state index contributed by atoms with van der Waals surface area (Å²) in [6, 6.07) is 10.3. The van der Waals surface area contributed by atoms with Crippen LogP contribution >= 0.6 is 0 Å². The topological polar surface area (TPSA) is 52.7 Å². The first-order chi connectivity index (χ1) is 11.5. The molecule has 1 fully saturated rings. The highest BCUT2D eigenvalue weighted by molar-refractivity contribution is 5.21. The Balaban J connectivity index is 1.55. The first kappa shape index (κ1) is 17.1. The fourth-order valence-corrected chi connectivity index (χ4v) is 3.44. The van der Waals surface area contributed by atoms with Gasteiger partial charge in [0, 0.05) is 44.3 Å². The van der Waals surface area contributed by atoms with Crippen molar-refractivity contribution in [2.24, 2.45) is 0 Å². The van der Waals surface area contributed by atoms with Crippen LogP contribution in [0.5, 0.6) is 0 Å². The van der Waals surface area contributed by atoms with Crippen LogP contribution in [0.25, 0.3) is 0 Å². The highest BCUT2D eigenvalue weighted by Crippen LogP contribution is 2.20. The number of aliphatic hydroxyl groups excluding tert-OH is 1. The van der Waals surface area contributed by atoms with Gasteiger partial charge in [0.1, 0.15) is 5.76 Å². The lowest BCUT2D eigenvalue weighted by Gasteiger charge is -2.40. The van der Waals surface area contributed by atoms with Gasteiger partial charge in [-0.15, -0.1) is 0 Å². The number of piperazine rings is 1. The first-order valence-corrected chi connectivity index (χ1v) is 8.65. The van der Waals surface area contributed by atoms with Gasteiger partial charge >= 0.3 is 0 Å². The number of hydrogen-bond acceptors (Lipinski definition) is 5. The molecule has 0 bridgehead atoms. The van der Waals surface area contributed by atoms with Gasteiger partial charge in [0.2, 0.25) is 0 Å². The normalized spacial score (nSPS) is 21.1. The Hall–Kier alpha value is -1.69. The molecule has 0 saturated carbocycles. The van der Waals surface area contributed by atoms with Crippen LogP contribution in [0.4, 0.5) is 0 Å². The monoisotopic (exact) mass is 329 g/mol. The minimum absolute atomic E-state index is 0.414. The second-order valence-corrected chi connectivity index (χ2v) is 6.81. The minimum atomic E-state index is -0.428. The molecule has 2 heterocycles. The van der Waals surface area contributed by atoms with Gasteiger partial charge in [-0.1, -0.05) is 35.5 Å². The quantitative estimate of drug-likeness (QED) is 0.913. The van der Waals surface area contributed by atoms with Crippen LogP contribution in [-0.4, -0.2) is 52.3 Å². The average molecular weight is 329 g/mol. The van der Waals surface area contributed by atoms with E-state index in [1.54, 1.807) is 0 Å². The molecule has 1 saturated heterocycles. The van der Waals surface area contributed by atoms with Gasteiger partial charge < -0.3 is 9.63 Å². The Kier molecular flexibility index (Phi) is 5.33. The van der Waals surface area contributed by atoms with Gasteiger partial charge in [-0.05, 0) is 26.3 Å². The Morgan fingerprint density at radius 3 is 2.62 bits per heavy atom. The van der Waals surface area contributed by atoms with E-state index in [1.807, 2.05) is 44.2 Å². The van der Waals surface area contributed by atoms with Crippen LogP contribution in [0, 0.1) is 13.8 Å². The Labute approximate surface area is 143 Å². The summed E-state index contributed by atoms with van der Waals surface area (Å²) in [5.74, 6) is 0.919. The standard InChI is InChI=1S/C19H27N3O2/c1-14-11-21(12-18-15(2)20-24-16(18)3)9-10-22(14)13-19(23)17-7-5-4-6-8-17/h4-8,14,19,23H,9-13H2,1-3H3/t14-,19+/m1/s1. The molecule has 0 aliphatic carbocycles. The molecule has 24 heavy (non-hydrogen) atoms. The molecule has 1 aliphatic heterocycles. The van der Waals surface area contributed by atoms with Crippen LogP contribution in [-0.2, 0) is 6.54 Å². The van der Waals surface area contributed by atoms with Crippen molar-refractivity contribution in [2.45, 2.75) is 39.5 Å². The molecule has 0 amide bonds. The number of aryl methyl sites for hydroxylation is 2. The molecule has 0 radical (unpaired) electrons. The molecule has 3 rings (SSSR count). The summed E-state index contributed by atoms with van der Waals surface area (Å²) in [5.41, 5.74) is 3.19. The third-order valence-corrected chi connectivity index (χ3v) is 5.00. The minimum Gasteiger partial charge on any atom is -0.387 e. The molecule has 1 N–H and O–H groups in total. The van der Waals surface area contributed by atoms with Crippen molar-refractivity contribution in [1.82, 2.24) is 15.0 Å². The van der Waals surface area contributed by atoms with E-state index in [4.69, 9.17) is 4.52 Å². The number of aromatic nitrogens is 1. The Bertz CT molecular complexity index is 636. The van der Waals surface area contributed by atoms with Gasteiger partial charge in [-0.3, -0.25) is 9.80 Å². The number of β-amino-alcohol motifs (C(OH)–C–C–N with tert-alkyl or cyclic N) is 1. The molecule has 0 spiro atoms. The van der Waals surface area contributed by atoms with Crippen LogP contribution < -0.4 is 0 Å². The van der Waals surface area contributed by atoms with Gasteiger partial charge in [-0.25, -0.2) is 0 Å². The van der Waals surface area contributed by atoms with Crippen molar-refractivity contribution >= 4 is 0 Å². The van der Waals surface area contributed by atoms with Crippen LogP contribution in [0.1, 0.15) is 35.6 Å². The molecule has 1 aromatic carbocycles. The molecule has 2 aromatic rings. The Morgan fingerprint density at radius 1 is 1.25 bits per heavy atom. The van der Waals surface area contributed by atoms with Gasteiger partial charge in [0.05, 0.1) is 11.8 Å². The molecule has 1 aliphatic rings. The lowest BCUT2D eigenvalue weighted by Crippen LogP contribution is -2.52. The highest BCUT2D eigenvalue weighted by Gasteiger charge is 2.26. The second-order valence-electron chi connectivity index (χ2n) is 6.81. The number of rotatable bonds is 5. The number of nitrogens with zero attached hydrogens (tertiary/aromatic N) is 3. The summed E-state index contributed by atoms with van der Waals surface area (Å²) < 4.78 is 5.27. The van der Waals surface area contributed by atoms with Crippen molar-refractivity contribution < 1.29 is 9.63 Å². The first-order valence-electron chi connectivity index (χ1n) is 8.65. The molecule has 5 heteroatoms. The molecule has 1 aromatic heterocycles. The molecule has 2 atom stereocenters. The maximum absolute atomic E-state index is 10.5. The Morgan fingerprint density at radius 2 is 2.00 bits per heavy atom. The van der Waals surface area contributed by atoms with E-state index in [-0.39, 0.29) is 0 Å². The van der Waals surface area contributed by atoms with Crippen molar-refractivity contribution in [2.75, 3.05) is 26.2 Å². The second kappa shape index (κ2) is 7.47. The third-order valence-electron chi connectivity index (χ3n) is 5.00. The van der Waals surface area contributed by atoms with E-state index in [0.29, 0.717) is 12.6 Å². The highest BCUT2D eigenvalue weighted by atomic mass is 16.5. The predicted molar refractivity (Wildman–Crippen MR) is 93.7 cm³/mol. The number of hydrogen-bond donors (Lipinski definition) is 1. The van der Waals surface area contributed by atoms with E-state index < -0.39 is 6.10 Å². The van der Waals surface area contributed by atoms with Crippen molar-refractivity contribution in [3.63, 3.8) is 0 Å². The predicted octanol–water partition coefficient (Wildman–Crippen LogP) is 2.53. The summed E-state index contributed by atoms with van der Waals surface area (Å²) in [5, 5.41) is 14.5. The average Bonchev–Trinajstić information content (AvgIpc) is 2.90. The summed E-state index contributed by atoms with van der Waals surface area (Å²) in [4.78, 5) is 4.82. The summed E-state index contributed by atoms with van der Waals surface area (Å²) >= 11 is 0. The van der Waals surface area contributed by atoms with E-state index >= 15 is 0 Å². The van der Waals surface area contributed by atoms with E-state index in [2.05, 4.69) is 21.9 Å². The smallest absolute Gasteiger partial charge is 0.138 e. The van der Waals surface area contributed by atoms with E-state index in [0.717, 1.165) is 43.2 Å². The number of aliphatic hydroxyl groups is 1. The van der Waals surface area contributed by atoms with Gasteiger partial charge in [-0.2, -0.15) is 0 Å². The number of benzene rings is 1. The van der Waals surface area contributed by atoms with Crippen molar-refractivity contribution in [3.8, 4) is 0 Å². The zero-order chi connectivity index (χ0) is 17.1. The van der Waals surface area contributed by atoms with Crippen LogP contribution in [0.15, 0.2) is 34.9 Å². The summed E-state index contributed by atoms with van der Waals surface area (Å²) in [7, 11) is 0. The zero-order valence-electron chi connectivity index (χ0n) is 14.8. The fraction of sp³-hybridized carbons (Fsp3) is 0.526. The molecule has 130 valence electrons. The van der Waals surface area contributed by atoms with Crippen LogP contribution in [0.2, 0.25) is 0 Å². The molecule has 0 unspecified atom stereocenters. The van der Waals surface area contributed by atoms with E-state index in [1.165, 1.54) is 5.56 Å². The lowest BCUT2D eigenvalue weighted by atomic mass is 10.1. The molecule has 5 nitrogen and oxygen atoms in total. The lowest BCUT2D eigenvalue weighted by molar-refractivity contribution is 0.0360. The fourth-order valence-electron chi connectivity index (χ4n) is 3.44. The van der Waals surface area contributed by atoms with Crippen LogP contribution in [0.3, 0.4) is 0 Å². The van der Waals surface area contributed by atoms with Gasteiger partial charge in [0.15, 0.2) is 0 Å². The molecular formula is C19H27N3O2. The third kappa shape index (κ3) is 3.86. The van der Waals surface area contributed by atoms with Crippen molar-refractivity contribution in [3.05, 3.63) is 52.9 Å². The summed E-state index contributed by atoms with van der Waals surface area (Å²) in [6.07, 6.45) is -0.428. The largest absolute Gasteiger partial charge is 0.387 e. The maximum Gasteiger partial charge on any atom is 0.138 e. The van der Waals surface area contributed by atoms with Crippen molar-refractivity contribution in [1.29, 1.82) is 0 Å². The molecular weight excluding hydrogens is 302 g/mol. The zero-order valence-corrected chi connectivity index (χ0v) is 14.8.